The number of carbonyl (C=O) groups is 1. The molecular formula is C11H23NO2. The molecule has 0 saturated heterocycles. The summed E-state index contributed by atoms with van der Waals surface area (Å²) in [5, 5.41) is 0. The van der Waals surface area contributed by atoms with Crippen molar-refractivity contribution < 1.29 is 9.53 Å². The van der Waals surface area contributed by atoms with Gasteiger partial charge in [0.2, 0.25) is 5.91 Å². The van der Waals surface area contributed by atoms with Crippen LogP contribution in [0.1, 0.15) is 40.5 Å². The lowest BCUT2D eigenvalue weighted by atomic mass is 10.3. The van der Waals surface area contributed by atoms with E-state index in [2.05, 4.69) is 13.8 Å². The van der Waals surface area contributed by atoms with Crippen LogP contribution in [0.25, 0.3) is 0 Å². The zero-order valence-corrected chi connectivity index (χ0v) is 9.88. The molecule has 0 aromatic carbocycles. The van der Waals surface area contributed by atoms with Crippen molar-refractivity contribution in [1.29, 1.82) is 0 Å². The average molecular weight is 201 g/mol. The van der Waals surface area contributed by atoms with E-state index >= 15 is 0 Å². The zero-order chi connectivity index (χ0) is 11.0. The van der Waals surface area contributed by atoms with Crippen molar-refractivity contribution in [3.63, 3.8) is 0 Å². The highest BCUT2D eigenvalue weighted by molar-refractivity contribution is 5.77. The van der Waals surface area contributed by atoms with Crippen molar-refractivity contribution in [3.8, 4) is 0 Å². The number of hydrogen-bond acceptors (Lipinski definition) is 2. The predicted molar refractivity (Wildman–Crippen MR) is 58.3 cm³/mol. The molecule has 0 unspecified atom stereocenters. The van der Waals surface area contributed by atoms with Crippen LogP contribution < -0.4 is 0 Å². The molecule has 0 radical (unpaired) electrons. The maximum absolute atomic E-state index is 11.6. The van der Waals surface area contributed by atoms with Crippen LogP contribution in [-0.2, 0) is 9.53 Å². The van der Waals surface area contributed by atoms with E-state index < -0.39 is 0 Å². The summed E-state index contributed by atoms with van der Waals surface area (Å²) in [6, 6.07) is 0. The summed E-state index contributed by atoms with van der Waals surface area (Å²) < 4.78 is 5.29. The number of nitrogens with zero attached hydrogens (tertiary/aromatic N) is 1. The van der Waals surface area contributed by atoms with E-state index in [1.807, 2.05) is 18.7 Å². The van der Waals surface area contributed by atoms with Gasteiger partial charge in [-0.05, 0) is 26.7 Å². The van der Waals surface area contributed by atoms with Gasteiger partial charge in [-0.2, -0.15) is 0 Å². The lowest BCUT2D eigenvalue weighted by molar-refractivity contribution is -0.137. The Bertz CT molecular complexity index is 151. The molecule has 0 aromatic rings. The third-order valence-electron chi connectivity index (χ3n) is 1.88. The van der Waals surface area contributed by atoms with Crippen molar-refractivity contribution in [2.75, 3.05) is 19.7 Å². The van der Waals surface area contributed by atoms with Crippen molar-refractivity contribution in [3.05, 3.63) is 0 Å². The minimum absolute atomic E-state index is 0.113. The number of hydrogen-bond donors (Lipinski definition) is 0. The van der Waals surface area contributed by atoms with E-state index in [1.165, 1.54) is 0 Å². The largest absolute Gasteiger partial charge is 0.369 e. The molecule has 0 bridgehead atoms. The maximum Gasteiger partial charge on any atom is 0.248 e. The Morgan fingerprint density at radius 3 is 2.07 bits per heavy atom. The molecular weight excluding hydrogens is 178 g/mol. The second-order valence-electron chi connectivity index (χ2n) is 3.74. The van der Waals surface area contributed by atoms with Crippen LogP contribution in [-0.4, -0.2) is 36.6 Å². The zero-order valence-electron chi connectivity index (χ0n) is 9.88. The van der Waals surface area contributed by atoms with Gasteiger partial charge in [0.25, 0.3) is 0 Å². The Kier molecular flexibility index (Phi) is 7.48. The second kappa shape index (κ2) is 7.80. The van der Waals surface area contributed by atoms with Crippen LogP contribution in [0.2, 0.25) is 0 Å². The Labute approximate surface area is 87.4 Å². The Balaban J connectivity index is 3.88. The van der Waals surface area contributed by atoms with Gasteiger partial charge >= 0.3 is 0 Å². The van der Waals surface area contributed by atoms with Gasteiger partial charge in [0.05, 0.1) is 6.10 Å². The molecule has 84 valence electrons. The first-order chi connectivity index (χ1) is 6.61. The predicted octanol–water partition coefficient (Wildman–Crippen LogP) is 2.06. The van der Waals surface area contributed by atoms with Crippen LogP contribution in [0.4, 0.5) is 0 Å². The van der Waals surface area contributed by atoms with Crippen LogP contribution in [0, 0.1) is 0 Å². The number of amides is 1. The molecule has 0 N–H and O–H groups in total. The average Bonchev–Trinajstić information content (AvgIpc) is 2.14. The summed E-state index contributed by atoms with van der Waals surface area (Å²) in [5.41, 5.74) is 0. The molecule has 1 amide bonds. The summed E-state index contributed by atoms with van der Waals surface area (Å²) in [6.45, 7) is 9.95. The minimum atomic E-state index is 0.113. The van der Waals surface area contributed by atoms with E-state index in [-0.39, 0.29) is 18.6 Å². The molecule has 3 nitrogen and oxygen atoms in total. The molecule has 0 fully saturated rings. The summed E-state index contributed by atoms with van der Waals surface area (Å²) in [6.07, 6.45) is 2.14. The molecule has 0 atom stereocenters. The third-order valence-corrected chi connectivity index (χ3v) is 1.88. The van der Waals surface area contributed by atoms with Gasteiger partial charge in [-0.25, -0.2) is 0 Å². The fourth-order valence-corrected chi connectivity index (χ4v) is 1.23. The van der Waals surface area contributed by atoms with Crippen LogP contribution in [0.5, 0.6) is 0 Å². The molecule has 3 heteroatoms. The van der Waals surface area contributed by atoms with Crippen molar-refractivity contribution >= 4 is 5.91 Å². The Morgan fingerprint density at radius 1 is 1.21 bits per heavy atom. The Morgan fingerprint density at radius 2 is 1.71 bits per heavy atom. The summed E-state index contributed by atoms with van der Waals surface area (Å²) in [4.78, 5) is 13.5. The highest BCUT2D eigenvalue weighted by Gasteiger charge is 2.11. The summed E-state index contributed by atoms with van der Waals surface area (Å²) >= 11 is 0. The molecule has 0 aliphatic heterocycles. The fraction of sp³-hybridized carbons (Fsp3) is 0.909. The molecule has 0 rings (SSSR count). The van der Waals surface area contributed by atoms with E-state index in [9.17, 15) is 4.79 Å². The third kappa shape index (κ3) is 5.97. The van der Waals surface area contributed by atoms with E-state index in [0.717, 1.165) is 25.9 Å². The molecule has 0 heterocycles. The first-order valence-corrected chi connectivity index (χ1v) is 5.51. The standard InChI is InChI=1S/C11H23NO2/c1-5-7-12(8-6-2)11(13)9-14-10(3)4/h10H,5-9H2,1-4H3. The molecule has 14 heavy (non-hydrogen) atoms. The topological polar surface area (TPSA) is 29.5 Å². The van der Waals surface area contributed by atoms with E-state index in [1.54, 1.807) is 0 Å². The van der Waals surface area contributed by atoms with Crippen LogP contribution in [0.15, 0.2) is 0 Å². The molecule has 0 aromatic heterocycles. The minimum Gasteiger partial charge on any atom is -0.369 e. The number of carbonyl (C=O) groups excluding carboxylic acids is 1. The van der Waals surface area contributed by atoms with Crippen LogP contribution in [0.3, 0.4) is 0 Å². The number of ether oxygens (including phenoxy) is 1. The first kappa shape index (κ1) is 13.4. The van der Waals surface area contributed by atoms with Gasteiger partial charge in [-0.3, -0.25) is 4.79 Å². The van der Waals surface area contributed by atoms with E-state index in [4.69, 9.17) is 4.74 Å². The highest BCUT2D eigenvalue weighted by atomic mass is 16.5. The lowest BCUT2D eigenvalue weighted by Crippen LogP contribution is -2.35. The van der Waals surface area contributed by atoms with Gasteiger partial charge in [0.1, 0.15) is 6.61 Å². The quantitative estimate of drug-likeness (QED) is 0.631. The monoisotopic (exact) mass is 201 g/mol. The van der Waals surface area contributed by atoms with Crippen molar-refractivity contribution in [1.82, 2.24) is 4.90 Å². The summed E-state index contributed by atoms with van der Waals surface area (Å²) in [7, 11) is 0. The fourth-order valence-electron chi connectivity index (χ4n) is 1.23. The molecule has 0 aliphatic rings. The second-order valence-corrected chi connectivity index (χ2v) is 3.74. The van der Waals surface area contributed by atoms with Crippen molar-refractivity contribution in [2.45, 2.75) is 46.6 Å². The van der Waals surface area contributed by atoms with Gasteiger partial charge in [0.15, 0.2) is 0 Å². The SMILES string of the molecule is CCCN(CCC)C(=O)COC(C)C. The highest BCUT2D eigenvalue weighted by Crippen LogP contribution is 1.97. The smallest absolute Gasteiger partial charge is 0.248 e. The van der Waals surface area contributed by atoms with Gasteiger partial charge in [-0.15, -0.1) is 0 Å². The van der Waals surface area contributed by atoms with Gasteiger partial charge < -0.3 is 9.64 Å². The van der Waals surface area contributed by atoms with Crippen LogP contribution >= 0.6 is 0 Å². The number of rotatable bonds is 7. The lowest BCUT2D eigenvalue weighted by Gasteiger charge is -2.21. The maximum atomic E-state index is 11.6. The molecule has 0 saturated carbocycles. The molecule has 0 aliphatic carbocycles. The van der Waals surface area contributed by atoms with Gasteiger partial charge in [-0.1, -0.05) is 13.8 Å². The summed E-state index contributed by atoms with van der Waals surface area (Å²) in [5.74, 6) is 0.113. The normalized spacial score (nSPS) is 10.6. The van der Waals surface area contributed by atoms with Gasteiger partial charge in [0, 0.05) is 13.1 Å². The first-order valence-electron chi connectivity index (χ1n) is 5.51. The van der Waals surface area contributed by atoms with E-state index in [0.29, 0.717) is 0 Å². The van der Waals surface area contributed by atoms with Crippen molar-refractivity contribution in [2.24, 2.45) is 0 Å². The Hall–Kier alpha value is -0.570. The molecule has 0 spiro atoms.